The number of carbonyl (C=O) groups is 3. The number of ether oxygens (including phenoxy) is 1. The van der Waals surface area contributed by atoms with Gasteiger partial charge in [-0.3, -0.25) is 14.4 Å². The van der Waals surface area contributed by atoms with Gasteiger partial charge < -0.3 is 20.5 Å². The second-order valence-corrected chi connectivity index (χ2v) is 8.05. The molecule has 0 spiro atoms. The van der Waals surface area contributed by atoms with E-state index in [1.807, 2.05) is 24.3 Å². The minimum absolute atomic E-state index is 0.0345. The van der Waals surface area contributed by atoms with E-state index in [-0.39, 0.29) is 29.9 Å². The predicted octanol–water partition coefficient (Wildman–Crippen LogP) is 4.14. The lowest BCUT2D eigenvalue weighted by molar-refractivity contribution is -0.136. The molecule has 1 heterocycles. The average Bonchev–Trinajstić information content (AvgIpc) is 3.26. The van der Waals surface area contributed by atoms with Gasteiger partial charge in [0.1, 0.15) is 16.4 Å². The van der Waals surface area contributed by atoms with E-state index in [1.54, 1.807) is 18.6 Å². The maximum atomic E-state index is 14.2. The highest BCUT2D eigenvalue weighted by atomic mass is 32.1. The number of nitrogens with one attached hydrogen (secondary N) is 2. The first-order valence-corrected chi connectivity index (χ1v) is 11.1. The summed E-state index contributed by atoms with van der Waals surface area (Å²) in [6.07, 6.45) is 0.413. The van der Waals surface area contributed by atoms with Crippen LogP contribution < -0.4 is 15.4 Å². The third kappa shape index (κ3) is 6.39. The molecule has 3 N–H and O–H groups in total. The van der Waals surface area contributed by atoms with Gasteiger partial charge in [0.25, 0.3) is 11.8 Å². The molecule has 3 rings (SSSR count). The van der Waals surface area contributed by atoms with E-state index in [0.717, 1.165) is 17.4 Å². The number of hydrogen-bond donors (Lipinski definition) is 3. The topological polar surface area (TPSA) is 105 Å². The van der Waals surface area contributed by atoms with E-state index in [2.05, 4.69) is 10.6 Å². The lowest BCUT2D eigenvalue weighted by atomic mass is 10.1. The van der Waals surface area contributed by atoms with Crippen LogP contribution in [0.15, 0.2) is 53.9 Å². The zero-order valence-electron chi connectivity index (χ0n) is 17.9. The molecule has 0 aliphatic heterocycles. The third-order valence-corrected chi connectivity index (χ3v) is 5.83. The van der Waals surface area contributed by atoms with Gasteiger partial charge in [-0.25, -0.2) is 4.39 Å². The van der Waals surface area contributed by atoms with Crippen molar-refractivity contribution in [1.29, 1.82) is 0 Å². The van der Waals surface area contributed by atoms with Crippen LogP contribution >= 0.6 is 11.3 Å². The van der Waals surface area contributed by atoms with Crippen molar-refractivity contribution in [2.45, 2.75) is 19.3 Å². The van der Waals surface area contributed by atoms with Crippen molar-refractivity contribution in [2.24, 2.45) is 0 Å². The van der Waals surface area contributed by atoms with E-state index >= 15 is 0 Å². The minimum Gasteiger partial charge on any atom is -0.496 e. The monoisotopic (exact) mass is 470 g/mol. The summed E-state index contributed by atoms with van der Waals surface area (Å²) in [5.74, 6) is -1.83. The molecule has 0 aliphatic rings. The molecule has 3 aromatic rings. The summed E-state index contributed by atoms with van der Waals surface area (Å²) in [4.78, 5) is 36.2. The van der Waals surface area contributed by atoms with Crippen molar-refractivity contribution in [3.8, 4) is 5.75 Å². The van der Waals surface area contributed by atoms with Gasteiger partial charge in [-0.1, -0.05) is 24.3 Å². The number of aryl methyl sites for hydroxylation is 1. The van der Waals surface area contributed by atoms with E-state index < -0.39 is 17.7 Å². The van der Waals surface area contributed by atoms with Crippen LogP contribution in [0.25, 0.3) is 0 Å². The van der Waals surface area contributed by atoms with Crippen molar-refractivity contribution < 1.29 is 28.6 Å². The van der Waals surface area contributed by atoms with Crippen molar-refractivity contribution in [3.05, 3.63) is 81.3 Å². The lowest BCUT2D eigenvalue weighted by Crippen LogP contribution is -2.26. The number of halogens is 1. The molecule has 9 heteroatoms. The number of aliphatic carboxylic acids is 1. The molecule has 0 unspecified atom stereocenters. The number of thiophene rings is 1. The second-order valence-electron chi connectivity index (χ2n) is 7.14. The molecular formula is C24H23FN2O5S. The van der Waals surface area contributed by atoms with Crippen LogP contribution in [0.5, 0.6) is 5.75 Å². The van der Waals surface area contributed by atoms with Crippen molar-refractivity contribution in [3.63, 3.8) is 0 Å². The molecule has 0 aliphatic carbocycles. The van der Waals surface area contributed by atoms with Crippen LogP contribution in [0.4, 0.5) is 10.1 Å². The fraction of sp³-hybridized carbons (Fsp3) is 0.208. The molecule has 7 nitrogen and oxygen atoms in total. The highest BCUT2D eigenvalue weighted by Crippen LogP contribution is 2.24. The number of anilines is 1. The smallest absolute Gasteiger partial charge is 0.303 e. The van der Waals surface area contributed by atoms with Gasteiger partial charge in [0.2, 0.25) is 0 Å². The molecule has 0 saturated heterocycles. The Morgan fingerprint density at radius 1 is 1.03 bits per heavy atom. The first-order chi connectivity index (χ1) is 15.9. The molecule has 2 aromatic carbocycles. The minimum atomic E-state index is -1.03. The van der Waals surface area contributed by atoms with Crippen molar-refractivity contribution in [1.82, 2.24) is 5.32 Å². The van der Waals surface area contributed by atoms with Crippen molar-refractivity contribution >= 4 is 34.8 Å². The van der Waals surface area contributed by atoms with Gasteiger partial charge in [-0.05, 0) is 53.6 Å². The van der Waals surface area contributed by atoms with Crippen LogP contribution in [0.2, 0.25) is 0 Å². The highest BCUT2D eigenvalue weighted by molar-refractivity contribution is 7.12. The Morgan fingerprint density at radius 2 is 1.82 bits per heavy atom. The van der Waals surface area contributed by atoms with E-state index in [4.69, 9.17) is 9.84 Å². The lowest BCUT2D eigenvalue weighted by Gasteiger charge is -2.10. The van der Waals surface area contributed by atoms with E-state index in [9.17, 15) is 18.8 Å². The summed E-state index contributed by atoms with van der Waals surface area (Å²) in [5.41, 5.74) is 1.59. The molecule has 0 atom stereocenters. The van der Waals surface area contributed by atoms with E-state index in [0.29, 0.717) is 23.5 Å². The van der Waals surface area contributed by atoms with Gasteiger partial charge in [0, 0.05) is 18.5 Å². The predicted molar refractivity (Wildman–Crippen MR) is 124 cm³/mol. The Morgan fingerprint density at radius 3 is 2.55 bits per heavy atom. The number of para-hydroxylation sites is 1. The summed E-state index contributed by atoms with van der Waals surface area (Å²) in [5, 5.41) is 15.9. The quantitative estimate of drug-likeness (QED) is 0.413. The third-order valence-electron chi connectivity index (χ3n) is 4.92. The molecule has 33 heavy (non-hydrogen) atoms. The molecule has 0 fully saturated rings. The molecule has 1 aromatic heterocycles. The zero-order chi connectivity index (χ0) is 23.8. The van der Waals surface area contributed by atoms with Crippen LogP contribution in [0.1, 0.15) is 37.6 Å². The fourth-order valence-corrected chi connectivity index (χ4v) is 3.98. The Kier molecular flexibility index (Phi) is 8.15. The normalized spacial score (nSPS) is 10.5. The molecular weight excluding hydrogens is 447 g/mol. The maximum absolute atomic E-state index is 14.2. The van der Waals surface area contributed by atoms with Gasteiger partial charge in [0.05, 0.1) is 12.8 Å². The summed E-state index contributed by atoms with van der Waals surface area (Å²) in [6.45, 7) is 0.382. The van der Waals surface area contributed by atoms with E-state index in [1.165, 1.54) is 23.5 Å². The average molecular weight is 471 g/mol. The first-order valence-electron chi connectivity index (χ1n) is 10.2. The summed E-state index contributed by atoms with van der Waals surface area (Å²) < 4.78 is 19.5. The number of carboxylic acid groups (broad SMARTS) is 1. The van der Waals surface area contributed by atoms with Gasteiger partial charge in [-0.15, -0.1) is 11.3 Å². The fourth-order valence-electron chi connectivity index (χ4n) is 3.21. The number of carbonyl (C=O) groups excluding carboxylic acids is 2. The molecule has 0 bridgehead atoms. The van der Waals surface area contributed by atoms with Crippen molar-refractivity contribution in [2.75, 3.05) is 19.0 Å². The first kappa shape index (κ1) is 23.9. The molecule has 2 amide bonds. The Balaban J connectivity index is 1.60. The number of benzene rings is 2. The van der Waals surface area contributed by atoms with Crippen LogP contribution in [-0.2, 0) is 17.6 Å². The SMILES string of the molecule is COc1ccccc1CCNC(=O)c1sccc1NC(=O)c1ccc(CCC(=O)O)c(F)c1. The van der Waals surface area contributed by atoms with Crippen LogP contribution in [-0.4, -0.2) is 36.5 Å². The number of carboxylic acids is 1. The number of rotatable bonds is 10. The molecule has 172 valence electrons. The van der Waals surface area contributed by atoms with Crippen LogP contribution in [0, 0.1) is 5.82 Å². The van der Waals surface area contributed by atoms with Gasteiger partial charge >= 0.3 is 5.97 Å². The summed E-state index contributed by atoms with van der Waals surface area (Å²) in [7, 11) is 1.59. The van der Waals surface area contributed by atoms with Crippen LogP contribution in [0.3, 0.4) is 0 Å². The maximum Gasteiger partial charge on any atom is 0.303 e. The number of hydrogen-bond acceptors (Lipinski definition) is 5. The number of methoxy groups -OCH3 is 1. The zero-order valence-corrected chi connectivity index (χ0v) is 18.7. The Labute approximate surface area is 194 Å². The Bertz CT molecular complexity index is 1160. The van der Waals surface area contributed by atoms with Gasteiger partial charge in [0.15, 0.2) is 0 Å². The number of amides is 2. The largest absolute Gasteiger partial charge is 0.496 e. The molecule has 0 saturated carbocycles. The summed E-state index contributed by atoms with van der Waals surface area (Å²) in [6, 6.07) is 13.0. The second kappa shape index (κ2) is 11.2. The summed E-state index contributed by atoms with van der Waals surface area (Å²) >= 11 is 1.18. The Hall–Kier alpha value is -3.72. The standard InChI is InChI=1S/C24H23FN2O5S/c1-32-20-5-3-2-4-16(20)10-12-26-24(31)22-19(11-13-33-22)27-23(30)17-7-6-15(18(25)14-17)8-9-21(28)29/h2-7,11,13-14H,8-10,12H2,1H3,(H,26,31)(H,27,30)(H,28,29). The molecule has 0 radical (unpaired) electrons. The highest BCUT2D eigenvalue weighted by Gasteiger charge is 2.17. The van der Waals surface area contributed by atoms with Gasteiger partial charge in [-0.2, -0.15) is 0 Å².